The predicted molar refractivity (Wildman–Crippen MR) is 116 cm³/mol. The third kappa shape index (κ3) is 5.55. The van der Waals surface area contributed by atoms with Gasteiger partial charge in [0.15, 0.2) is 5.96 Å². The van der Waals surface area contributed by atoms with Gasteiger partial charge in [0.25, 0.3) is 0 Å². The normalized spacial score (nSPS) is 26.8. The predicted octanol–water partition coefficient (Wildman–Crippen LogP) is 3.14. The van der Waals surface area contributed by atoms with Crippen molar-refractivity contribution in [2.45, 2.75) is 37.0 Å². The maximum Gasteiger partial charge on any atom is 0.191 e. The van der Waals surface area contributed by atoms with Crippen molar-refractivity contribution >= 4 is 17.7 Å². The first-order valence-corrected chi connectivity index (χ1v) is 11.2. The smallest absolute Gasteiger partial charge is 0.191 e. The molecule has 3 unspecified atom stereocenters. The Balaban J connectivity index is 1.58. The Labute approximate surface area is 168 Å². The molecule has 0 spiro atoms. The number of nitrogens with one attached hydrogen (secondary N) is 2. The van der Waals surface area contributed by atoms with E-state index in [0.29, 0.717) is 12.0 Å². The Hall–Kier alpha value is -1.40. The summed E-state index contributed by atoms with van der Waals surface area (Å²) in [4.78, 5) is 6.92. The molecule has 2 aliphatic rings. The molecular formula is C21H34N4OS. The summed E-state index contributed by atoms with van der Waals surface area (Å²) in [5, 5.41) is 7.84. The average Bonchev–Trinajstić information content (AvgIpc) is 3.22. The minimum absolute atomic E-state index is 0.431. The first kappa shape index (κ1) is 20.3. The van der Waals surface area contributed by atoms with Gasteiger partial charge in [0.05, 0.1) is 7.11 Å². The van der Waals surface area contributed by atoms with Gasteiger partial charge in [-0.1, -0.05) is 12.1 Å². The van der Waals surface area contributed by atoms with Gasteiger partial charge in [-0.2, -0.15) is 11.8 Å². The van der Waals surface area contributed by atoms with E-state index in [1.54, 1.807) is 7.11 Å². The van der Waals surface area contributed by atoms with Crippen LogP contribution in [0, 0.1) is 5.92 Å². The van der Waals surface area contributed by atoms with Crippen molar-refractivity contribution in [3.63, 3.8) is 0 Å². The maximum absolute atomic E-state index is 5.32. The summed E-state index contributed by atoms with van der Waals surface area (Å²) in [5.41, 5.74) is 1.37. The lowest BCUT2D eigenvalue weighted by Crippen LogP contribution is -2.46. The van der Waals surface area contributed by atoms with E-state index in [1.165, 1.54) is 37.0 Å². The van der Waals surface area contributed by atoms with E-state index >= 15 is 0 Å². The summed E-state index contributed by atoms with van der Waals surface area (Å²) in [6.07, 6.45) is 5.16. The average molecular weight is 391 g/mol. The lowest BCUT2D eigenvalue weighted by atomic mass is 9.85. The van der Waals surface area contributed by atoms with Crippen LogP contribution in [0.4, 0.5) is 0 Å². The van der Waals surface area contributed by atoms with Gasteiger partial charge < -0.3 is 15.4 Å². The number of ether oxygens (including phenoxy) is 1. The van der Waals surface area contributed by atoms with E-state index in [2.05, 4.69) is 63.6 Å². The zero-order chi connectivity index (χ0) is 19.1. The highest BCUT2D eigenvalue weighted by Crippen LogP contribution is 2.35. The highest BCUT2D eigenvalue weighted by atomic mass is 32.2. The van der Waals surface area contributed by atoms with Crippen LogP contribution in [0.1, 0.15) is 37.3 Å². The van der Waals surface area contributed by atoms with E-state index in [0.717, 1.165) is 36.6 Å². The lowest BCUT2D eigenvalue weighted by molar-refractivity contribution is 0.122. The Morgan fingerprint density at radius 2 is 1.96 bits per heavy atom. The van der Waals surface area contributed by atoms with Gasteiger partial charge in [0, 0.05) is 31.4 Å². The highest BCUT2D eigenvalue weighted by molar-refractivity contribution is 8.00. The zero-order valence-corrected chi connectivity index (χ0v) is 17.7. The molecule has 0 aliphatic carbocycles. The molecule has 5 nitrogen and oxygen atoms in total. The monoisotopic (exact) mass is 390 g/mol. The van der Waals surface area contributed by atoms with E-state index in [-0.39, 0.29) is 0 Å². The molecule has 2 N–H and O–H groups in total. The largest absolute Gasteiger partial charge is 0.497 e. The van der Waals surface area contributed by atoms with Crippen LogP contribution in [0.3, 0.4) is 0 Å². The van der Waals surface area contributed by atoms with Crippen LogP contribution in [0.15, 0.2) is 29.3 Å². The summed E-state index contributed by atoms with van der Waals surface area (Å²) in [5.74, 6) is 3.72. The fourth-order valence-corrected chi connectivity index (χ4v) is 5.47. The fraction of sp³-hybridized carbons (Fsp3) is 0.667. The van der Waals surface area contributed by atoms with Crippen LogP contribution >= 0.6 is 11.8 Å². The molecule has 2 saturated heterocycles. The molecule has 27 heavy (non-hydrogen) atoms. The standard InChI is InChI=1S/C21H34N4OS/c1-22-21(24-15-19-7-5-13-27-19)23-14-17-6-4-12-25(2)20(17)16-8-10-18(26-3)11-9-16/h8-11,17,19-20H,4-7,12-15H2,1-3H3,(H2,22,23,24). The fourth-order valence-electron chi connectivity index (χ4n) is 4.27. The van der Waals surface area contributed by atoms with Gasteiger partial charge in [-0.3, -0.25) is 9.89 Å². The molecule has 150 valence electrons. The molecular weight excluding hydrogens is 356 g/mol. The van der Waals surface area contributed by atoms with Crippen LogP contribution in [0.2, 0.25) is 0 Å². The Morgan fingerprint density at radius 1 is 1.19 bits per heavy atom. The van der Waals surface area contributed by atoms with Crippen molar-refractivity contribution in [3.8, 4) is 5.75 Å². The van der Waals surface area contributed by atoms with Crippen molar-refractivity contribution in [1.29, 1.82) is 0 Å². The van der Waals surface area contributed by atoms with Gasteiger partial charge in [0.2, 0.25) is 0 Å². The minimum Gasteiger partial charge on any atom is -0.497 e. The lowest BCUT2D eigenvalue weighted by Gasteiger charge is -2.40. The first-order chi connectivity index (χ1) is 13.2. The molecule has 0 amide bonds. The Morgan fingerprint density at radius 3 is 2.63 bits per heavy atom. The third-order valence-corrected chi connectivity index (χ3v) is 7.14. The van der Waals surface area contributed by atoms with Gasteiger partial charge >= 0.3 is 0 Å². The minimum atomic E-state index is 0.431. The van der Waals surface area contributed by atoms with Gasteiger partial charge in [-0.05, 0) is 68.6 Å². The topological polar surface area (TPSA) is 48.9 Å². The number of methoxy groups -OCH3 is 1. The molecule has 6 heteroatoms. The van der Waals surface area contributed by atoms with E-state index in [1.807, 2.05) is 7.05 Å². The molecule has 0 saturated carbocycles. The van der Waals surface area contributed by atoms with Gasteiger partial charge in [0.1, 0.15) is 5.75 Å². The number of hydrogen-bond donors (Lipinski definition) is 2. The van der Waals surface area contributed by atoms with E-state index in [9.17, 15) is 0 Å². The second kappa shape index (κ2) is 10.2. The molecule has 3 rings (SSSR count). The Kier molecular flexibility index (Phi) is 7.70. The van der Waals surface area contributed by atoms with Crippen molar-refractivity contribution in [2.24, 2.45) is 10.9 Å². The van der Waals surface area contributed by atoms with Crippen LogP contribution in [0.25, 0.3) is 0 Å². The third-order valence-electron chi connectivity index (χ3n) is 5.74. The Bertz CT molecular complexity index is 601. The van der Waals surface area contributed by atoms with Gasteiger partial charge in [-0.25, -0.2) is 0 Å². The summed E-state index contributed by atoms with van der Waals surface area (Å²) in [7, 11) is 5.83. The summed E-state index contributed by atoms with van der Waals surface area (Å²) in [6, 6.07) is 9.00. The molecule has 3 atom stereocenters. The number of hydrogen-bond acceptors (Lipinski definition) is 4. The van der Waals surface area contributed by atoms with Crippen LogP contribution in [0.5, 0.6) is 5.75 Å². The van der Waals surface area contributed by atoms with Crippen molar-refractivity contribution in [2.75, 3.05) is 46.6 Å². The maximum atomic E-state index is 5.32. The molecule has 0 aromatic heterocycles. The van der Waals surface area contributed by atoms with Crippen LogP contribution in [-0.2, 0) is 0 Å². The molecule has 0 bridgehead atoms. The number of guanidine groups is 1. The van der Waals surface area contributed by atoms with E-state index in [4.69, 9.17) is 4.74 Å². The number of benzene rings is 1. The SMILES string of the molecule is CN=C(NCC1CCCS1)NCC1CCCN(C)C1c1ccc(OC)cc1. The number of thioether (sulfide) groups is 1. The molecule has 0 radical (unpaired) electrons. The highest BCUT2D eigenvalue weighted by Gasteiger charge is 2.30. The van der Waals surface area contributed by atoms with Crippen molar-refractivity contribution in [1.82, 2.24) is 15.5 Å². The molecule has 2 heterocycles. The van der Waals surface area contributed by atoms with Crippen molar-refractivity contribution < 1.29 is 4.74 Å². The van der Waals surface area contributed by atoms with E-state index < -0.39 is 0 Å². The van der Waals surface area contributed by atoms with Gasteiger partial charge in [-0.15, -0.1) is 0 Å². The summed E-state index contributed by atoms with van der Waals surface area (Å²) < 4.78 is 5.32. The number of aliphatic imine (C=N–C) groups is 1. The number of piperidine rings is 1. The summed E-state index contributed by atoms with van der Waals surface area (Å²) >= 11 is 2.08. The molecule has 2 aliphatic heterocycles. The number of nitrogens with zero attached hydrogens (tertiary/aromatic N) is 2. The van der Waals surface area contributed by atoms with Crippen LogP contribution in [-0.4, -0.2) is 62.7 Å². The zero-order valence-electron chi connectivity index (χ0n) is 16.9. The molecule has 2 fully saturated rings. The number of likely N-dealkylation sites (tertiary alicyclic amines) is 1. The molecule has 1 aromatic carbocycles. The molecule has 1 aromatic rings. The quantitative estimate of drug-likeness (QED) is 0.577. The van der Waals surface area contributed by atoms with Crippen LogP contribution < -0.4 is 15.4 Å². The second-order valence-corrected chi connectivity index (χ2v) is 8.98. The second-order valence-electron chi connectivity index (χ2n) is 7.57. The van der Waals surface area contributed by atoms with Crippen molar-refractivity contribution in [3.05, 3.63) is 29.8 Å². The first-order valence-electron chi connectivity index (χ1n) is 10.1. The summed E-state index contributed by atoms with van der Waals surface area (Å²) in [6.45, 7) is 3.11. The number of rotatable bonds is 6.